The van der Waals surface area contributed by atoms with Crippen LogP contribution in [0.25, 0.3) is 5.76 Å². The molecule has 0 radical (unpaired) electrons. The van der Waals surface area contributed by atoms with Gasteiger partial charge in [0.1, 0.15) is 6.20 Å². The molecule has 0 N–H and O–H groups in total. The summed E-state index contributed by atoms with van der Waals surface area (Å²) in [5.74, 6) is 0.442. The summed E-state index contributed by atoms with van der Waals surface area (Å²) in [6.07, 6.45) is 1.90. The van der Waals surface area contributed by atoms with Crippen molar-refractivity contribution in [2.24, 2.45) is 0 Å². The average Bonchev–Trinajstić information content (AvgIpc) is 2.33. The van der Waals surface area contributed by atoms with E-state index in [0.29, 0.717) is 15.8 Å². The normalized spacial score (nSPS) is 21.0. The van der Waals surface area contributed by atoms with Crippen LogP contribution in [0, 0.1) is 5.82 Å². The maximum atomic E-state index is 13.8. The third-order valence-electron chi connectivity index (χ3n) is 3.10. The summed E-state index contributed by atoms with van der Waals surface area (Å²) in [7, 11) is 6.88. The minimum Gasteiger partial charge on any atom is -0.494 e. The van der Waals surface area contributed by atoms with Crippen LogP contribution in [0.1, 0.15) is 16.6 Å². The Balaban J connectivity index is 2.67. The molecule has 1 aromatic rings. The van der Waals surface area contributed by atoms with Gasteiger partial charge < -0.3 is 9.47 Å². The molecule has 1 atom stereocenters. The SMILES string of the molecule is COC1=C[N+](C)(C)C(Cl)c2cc(F)c(OC)cc21. The molecule has 1 aliphatic heterocycles. The van der Waals surface area contributed by atoms with E-state index in [4.69, 9.17) is 21.1 Å². The van der Waals surface area contributed by atoms with Gasteiger partial charge >= 0.3 is 0 Å². The van der Waals surface area contributed by atoms with E-state index in [1.54, 1.807) is 13.2 Å². The number of nitrogens with zero attached hydrogens (tertiary/aromatic N) is 1. The Morgan fingerprint density at radius 1 is 1.22 bits per heavy atom. The molecule has 0 spiro atoms. The summed E-state index contributed by atoms with van der Waals surface area (Å²) in [4.78, 5) is 0. The van der Waals surface area contributed by atoms with Crippen LogP contribution in [-0.4, -0.2) is 32.8 Å². The first kappa shape index (κ1) is 13.2. The minimum absolute atomic E-state index is 0.188. The summed E-state index contributed by atoms with van der Waals surface area (Å²) in [6, 6.07) is 3.03. The number of methoxy groups -OCH3 is 2. The first-order valence-electron chi connectivity index (χ1n) is 5.52. The van der Waals surface area contributed by atoms with Crippen molar-refractivity contribution in [3.05, 3.63) is 35.3 Å². The topological polar surface area (TPSA) is 18.5 Å². The molecule has 1 aromatic carbocycles. The van der Waals surface area contributed by atoms with Crippen molar-refractivity contribution < 1.29 is 18.3 Å². The summed E-state index contributed by atoms with van der Waals surface area (Å²) in [5.41, 5.74) is 1.12. The fourth-order valence-electron chi connectivity index (χ4n) is 2.09. The van der Waals surface area contributed by atoms with Crippen molar-refractivity contribution in [1.29, 1.82) is 0 Å². The fraction of sp³-hybridized carbons (Fsp3) is 0.385. The van der Waals surface area contributed by atoms with Crippen LogP contribution in [0.3, 0.4) is 0 Å². The molecule has 0 fully saturated rings. The minimum atomic E-state index is -0.417. The van der Waals surface area contributed by atoms with Crippen LogP contribution in [0.2, 0.25) is 0 Å². The number of halogens is 2. The first-order chi connectivity index (χ1) is 8.40. The van der Waals surface area contributed by atoms with Gasteiger partial charge in [-0.15, -0.1) is 0 Å². The lowest BCUT2D eigenvalue weighted by Gasteiger charge is -2.35. The van der Waals surface area contributed by atoms with E-state index in [0.717, 1.165) is 5.56 Å². The van der Waals surface area contributed by atoms with Crippen molar-refractivity contribution in [3.8, 4) is 5.75 Å². The Kier molecular flexibility index (Phi) is 3.25. The molecule has 98 valence electrons. The van der Waals surface area contributed by atoms with Crippen LogP contribution >= 0.6 is 11.6 Å². The number of benzene rings is 1. The number of alkyl halides is 1. The van der Waals surface area contributed by atoms with Gasteiger partial charge in [-0.3, -0.25) is 4.48 Å². The molecule has 2 rings (SSSR count). The van der Waals surface area contributed by atoms with E-state index < -0.39 is 5.82 Å². The average molecular weight is 273 g/mol. The van der Waals surface area contributed by atoms with Crippen molar-refractivity contribution in [2.75, 3.05) is 28.3 Å². The third-order valence-corrected chi connectivity index (χ3v) is 3.84. The zero-order valence-corrected chi connectivity index (χ0v) is 11.6. The molecule has 1 unspecified atom stereocenters. The van der Waals surface area contributed by atoms with Gasteiger partial charge in [0.05, 0.1) is 28.3 Å². The lowest BCUT2D eigenvalue weighted by molar-refractivity contribution is -0.857. The van der Waals surface area contributed by atoms with Gasteiger partial charge in [-0.1, -0.05) is 11.6 Å². The lowest BCUT2D eigenvalue weighted by atomic mass is 10.0. The van der Waals surface area contributed by atoms with Crippen LogP contribution in [0.4, 0.5) is 4.39 Å². The second kappa shape index (κ2) is 4.44. The smallest absolute Gasteiger partial charge is 0.195 e. The molecular formula is C13H16ClFNO2+. The Morgan fingerprint density at radius 3 is 2.44 bits per heavy atom. The maximum absolute atomic E-state index is 13.8. The highest BCUT2D eigenvalue weighted by atomic mass is 35.5. The summed E-state index contributed by atoms with van der Waals surface area (Å²) in [5, 5.41) is 0. The van der Waals surface area contributed by atoms with Gasteiger partial charge in [0.25, 0.3) is 0 Å². The van der Waals surface area contributed by atoms with Gasteiger partial charge in [-0.25, -0.2) is 4.39 Å². The van der Waals surface area contributed by atoms with E-state index in [1.165, 1.54) is 13.2 Å². The van der Waals surface area contributed by atoms with Gasteiger partial charge in [0.2, 0.25) is 0 Å². The summed E-state index contributed by atoms with van der Waals surface area (Å²) < 4.78 is 24.5. The van der Waals surface area contributed by atoms with Crippen LogP contribution in [0.5, 0.6) is 5.75 Å². The van der Waals surface area contributed by atoms with Crippen molar-refractivity contribution in [1.82, 2.24) is 0 Å². The third kappa shape index (κ3) is 1.95. The van der Waals surface area contributed by atoms with Gasteiger partial charge in [0.15, 0.2) is 22.8 Å². The highest BCUT2D eigenvalue weighted by Gasteiger charge is 2.36. The molecule has 18 heavy (non-hydrogen) atoms. The predicted molar refractivity (Wildman–Crippen MR) is 68.6 cm³/mol. The molecule has 0 aromatic heterocycles. The van der Waals surface area contributed by atoms with E-state index in [1.807, 2.05) is 20.3 Å². The largest absolute Gasteiger partial charge is 0.494 e. The Bertz CT molecular complexity index is 514. The van der Waals surface area contributed by atoms with Crippen molar-refractivity contribution in [3.63, 3.8) is 0 Å². The highest BCUT2D eigenvalue weighted by Crippen LogP contribution is 2.42. The highest BCUT2D eigenvalue weighted by molar-refractivity contribution is 6.20. The molecule has 3 nitrogen and oxygen atoms in total. The number of fused-ring (bicyclic) bond motifs is 1. The van der Waals surface area contributed by atoms with Crippen molar-refractivity contribution >= 4 is 17.4 Å². The number of ether oxygens (including phenoxy) is 2. The molecule has 0 bridgehead atoms. The van der Waals surface area contributed by atoms with Gasteiger partial charge in [-0.05, 0) is 12.1 Å². The quantitative estimate of drug-likeness (QED) is 0.468. The molecule has 1 aliphatic rings. The first-order valence-corrected chi connectivity index (χ1v) is 5.96. The zero-order chi connectivity index (χ0) is 13.5. The second-order valence-electron chi connectivity index (χ2n) is 4.74. The molecule has 5 heteroatoms. The molecular weight excluding hydrogens is 257 g/mol. The standard InChI is InChI=1S/C13H16ClFNO2/c1-16(2)7-12(18-4)8-6-11(17-3)10(15)5-9(8)13(16)14/h5-7,13H,1-4H3/q+1. The van der Waals surface area contributed by atoms with Crippen LogP contribution in [-0.2, 0) is 4.74 Å². The second-order valence-corrected chi connectivity index (χ2v) is 5.15. The molecule has 0 amide bonds. The Hall–Kier alpha value is -1.26. The zero-order valence-electron chi connectivity index (χ0n) is 10.8. The summed E-state index contributed by atoms with van der Waals surface area (Å²) >= 11 is 6.39. The lowest BCUT2D eigenvalue weighted by Crippen LogP contribution is -2.38. The van der Waals surface area contributed by atoms with Crippen LogP contribution in [0.15, 0.2) is 18.3 Å². The van der Waals surface area contributed by atoms with Crippen LogP contribution < -0.4 is 4.74 Å². The molecule has 0 saturated heterocycles. The fourth-order valence-corrected chi connectivity index (χ4v) is 2.33. The number of hydrogen-bond donors (Lipinski definition) is 0. The van der Waals surface area contributed by atoms with E-state index in [9.17, 15) is 4.39 Å². The molecule has 1 heterocycles. The molecule has 0 aliphatic carbocycles. The van der Waals surface area contributed by atoms with Gasteiger partial charge in [0, 0.05) is 11.1 Å². The van der Waals surface area contributed by atoms with Gasteiger partial charge in [-0.2, -0.15) is 0 Å². The summed E-state index contributed by atoms with van der Waals surface area (Å²) in [6.45, 7) is 0. The Labute approximate surface area is 111 Å². The predicted octanol–water partition coefficient (Wildman–Crippen LogP) is 3.11. The monoisotopic (exact) mass is 272 g/mol. The maximum Gasteiger partial charge on any atom is 0.195 e. The van der Waals surface area contributed by atoms with E-state index >= 15 is 0 Å². The number of rotatable bonds is 2. The van der Waals surface area contributed by atoms with E-state index in [2.05, 4.69) is 0 Å². The number of quaternary nitrogens is 1. The Morgan fingerprint density at radius 2 is 1.89 bits per heavy atom. The number of hydrogen-bond acceptors (Lipinski definition) is 2. The van der Waals surface area contributed by atoms with Crippen molar-refractivity contribution in [2.45, 2.75) is 5.50 Å². The van der Waals surface area contributed by atoms with E-state index in [-0.39, 0.29) is 11.3 Å². The molecule has 0 saturated carbocycles.